The molecule has 1 spiro atoms. The van der Waals surface area contributed by atoms with Crippen molar-refractivity contribution in [1.29, 1.82) is 0 Å². The molecule has 12 atom stereocenters. The largest absolute Gasteiger partial charge is 0.0625 e. The Morgan fingerprint density at radius 3 is 2.03 bits per heavy atom. The quantitative estimate of drug-likeness (QED) is 0.366. The van der Waals surface area contributed by atoms with Gasteiger partial charge in [0.05, 0.1) is 0 Å². The first kappa shape index (κ1) is 20.4. The highest BCUT2D eigenvalue weighted by Gasteiger charge is 2.66. The van der Waals surface area contributed by atoms with Crippen molar-refractivity contribution < 1.29 is 0 Å². The summed E-state index contributed by atoms with van der Waals surface area (Å²) in [5.74, 6) is 13.5. The summed E-state index contributed by atoms with van der Waals surface area (Å²) in [7, 11) is 0. The molecule has 0 amide bonds. The zero-order valence-electron chi connectivity index (χ0n) is 20.7. The third-order valence-electron chi connectivity index (χ3n) is 13.4. The van der Waals surface area contributed by atoms with Crippen molar-refractivity contribution in [3.63, 3.8) is 0 Å². The van der Waals surface area contributed by atoms with Crippen molar-refractivity contribution in [3.05, 3.63) is 0 Å². The fourth-order valence-corrected chi connectivity index (χ4v) is 13.3. The van der Waals surface area contributed by atoms with Gasteiger partial charge in [-0.1, -0.05) is 46.0 Å². The first-order valence-corrected chi connectivity index (χ1v) is 15.2. The molecule has 0 N–H and O–H groups in total. The molecule has 174 valence electrons. The minimum atomic E-state index is 0.777. The van der Waals surface area contributed by atoms with Gasteiger partial charge >= 0.3 is 0 Å². The maximum atomic E-state index is 2.63. The van der Waals surface area contributed by atoms with Crippen molar-refractivity contribution in [2.24, 2.45) is 76.4 Å². The van der Waals surface area contributed by atoms with Gasteiger partial charge in [0.2, 0.25) is 0 Å². The number of hydrogen-bond donors (Lipinski definition) is 0. The van der Waals surface area contributed by atoms with Crippen molar-refractivity contribution >= 4 is 0 Å². The van der Waals surface area contributed by atoms with Crippen molar-refractivity contribution in [2.45, 2.75) is 117 Å². The smallest absolute Gasteiger partial charge is 0.0230 e. The molecule has 7 aliphatic carbocycles. The van der Waals surface area contributed by atoms with E-state index in [-0.39, 0.29) is 0 Å². The van der Waals surface area contributed by atoms with Crippen LogP contribution >= 0.6 is 0 Å². The monoisotopic (exact) mass is 422 g/mol. The standard InChI is InChI=1S/C31H50/c1-19-15-20(2)18-31(17-19)27-10-6-5-9-25(27)30-26-16-22-12-11-21-7-3-4-8-23(21)29(22)24(26)13-14-28(30)31/h19-30H,3-18H2,1-2H3. The van der Waals surface area contributed by atoms with Crippen LogP contribution in [0.1, 0.15) is 117 Å². The zero-order valence-corrected chi connectivity index (χ0v) is 20.7. The molecule has 0 aromatic heterocycles. The van der Waals surface area contributed by atoms with Crippen LogP contribution in [0.2, 0.25) is 0 Å². The van der Waals surface area contributed by atoms with Gasteiger partial charge in [-0.3, -0.25) is 0 Å². The molecule has 0 aromatic carbocycles. The van der Waals surface area contributed by atoms with E-state index < -0.39 is 0 Å². The van der Waals surface area contributed by atoms with Gasteiger partial charge in [-0.05, 0) is 147 Å². The van der Waals surface area contributed by atoms with Gasteiger partial charge in [-0.15, -0.1) is 0 Å². The third kappa shape index (κ3) is 2.90. The average Bonchev–Trinajstić information content (AvgIpc) is 3.28. The van der Waals surface area contributed by atoms with E-state index in [9.17, 15) is 0 Å². The topological polar surface area (TPSA) is 0 Å². The molecule has 7 saturated carbocycles. The van der Waals surface area contributed by atoms with E-state index in [1.807, 2.05) is 0 Å². The van der Waals surface area contributed by atoms with E-state index in [0.29, 0.717) is 0 Å². The van der Waals surface area contributed by atoms with Crippen molar-refractivity contribution in [3.8, 4) is 0 Å². The van der Waals surface area contributed by atoms with E-state index in [1.54, 1.807) is 96.3 Å². The lowest BCUT2D eigenvalue weighted by atomic mass is 9.53. The molecule has 0 aromatic rings. The second kappa shape index (κ2) is 7.50. The summed E-state index contributed by atoms with van der Waals surface area (Å²) in [5.41, 5.74) is 0.777. The number of fused-ring (bicyclic) bond motifs is 11. The zero-order chi connectivity index (χ0) is 20.7. The van der Waals surface area contributed by atoms with Crippen LogP contribution in [0, 0.1) is 76.4 Å². The van der Waals surface area contributed by atoms with Crippen LogP contribution in [0.4, 0.5) is 0 Å². The first-order chi connectivity index (χ1) is 15.2. The normalized spacial score (nSPS) is 60.6. The number of hydrogen-bond acceptors (Lipinski definition) is 0. The minimum absolute atomic E-state index is 0.777. The van der Waals surface area contributed by atoms with E-state index in [1.165, 1.54) is 12.3 Å². The van der Waals surface area contributed by atoms with Crippen LogP contribution in [0.3, 0.4) is 0 Å². The molecule has 0 heterocycles. The summed E-state index contributed by atoms with van der Waals surface area (Å²) in [4.78, 5) is 0. The Balaban J connectivity index is 1.23. The molecular weight excluding hydrogens is 372 g/mol. The van der Waals surface area contributed by atoms with E-state index in [2.05, 4.69) is 13.8 Å². The fraction of sp³-hybridized carbons (Fsp3) is 1.00. The second-order valence-corrected chi connectivity index (χ2v) is 14.6. The van der Waals surface area contributed by atoms with E-state index >= 15 is 0 Å². The fourth-order valence-electron chi connectivity index (χ4n) is 13.3. The Labute approximate surface area is 193 Å². The molecule has 12 unspecified atom stereocenters. The highest BCUT2D eigenvalue weighted by molar-refractivity contribution is 5.15. The first-order valence-electron chi connectivity index (χ1n) is 15.2. The lowest BCUT2D eigenvalue weighted by molar-refractivity contribution is -0.0290. The molecule has 7 rings (SSSR count). The molecule has 0 aliphatic heterocycles. The van der Waals surface area contributed by atoms with Gasteiger partial charge in [0.1, 0.15) is 0 Å². The van der Waals surface area contributed by atoms with Gasteiger partial charge in [0, 0.05) is 0 Å². The Morgan fingerprint density at radius 1 is 0.484 bits per heavy atom. The van der Waals surface area contributed by atoms with Gasteiger partial charge in [0.25, 0.3) is 0 Å². The highest BCUT2D eigenvalue weighted by Crippen LogP contribution is 2.73. The van der Waals surface area contributed by atoms with Crippen molar-refractivity contribution in [1.82, 2.24) is 0 Å². The average molecular weight is 423 g/mol. The summed E-state index contributed by atoms with van der Waals surface area (Å²) in [5, 5.41) is 0. The van der Waals surface area contributed by atoms with Crippen LogP contribution in [-0.2, 0) is 0 Å². The highest BCUT2D eigenvalue weighted by atomic mass is 14.7. The molecule has 0 radical (unpaired) electrons. The maximum Gasteiger partial charge on any atom is -0.0230 e. The molecule has 0 saturated heterocycles. The second-order valence-electron chi connectivity index (χ2n) is 14.6. The molecule has 0 nitrogen and oxygen atoms in total. The molecule has 0 heteroatoms. The number of rotatable bonds is 0. The predicted octanol–water partition coefficient (Wildman–Crippen LogP) is 8.74. The lowest BCUT2D eigenvalue weighted by Gasteiger charge is -2.52. The van der Waals surface area contributed by atoms with Gasteiger partial charge in [-0.25, -0.2) is 0 Å². The molecule has 7 aliphatic rings. The Bertz CT molecular complexity index is 668. The van der Waals surface area contributed by atoms with Crippen LogP contribution in [0.5, 0.6) is 0 Å². The van der Waals surface area contributed by atoms with Crippen LogP contribution in [0.15, 0.2) is 0 Å². The van der Waals surface area contributed by atoms with E-state index in [0.717, 1.165) is 70.5 Å². The SMILES string of the molecule is CC1CC(C)CC2(C1)C1CCCCC1C1C3CC4CCC5CCCCC5C4C3CCC12. The summed E-state index contributed by atoms with van der Waals surface area (Å²) in [6, 6.07) is 0. The Morgan fingerprint density at radius 2 is 1.19 bits per heavy atom. The minimum Gasteiger partial charge on any atom is -0.0625 e. The van der Waals surface area contributed by atoms with Crippen molar-refractivity contribution in [2.75, 3.05) is 0 Å². The summed E-state index contributed by atoms with van der Waals surface area (Å²) in [6.45, 7) is 5.25. The van der Waals surface area contributed by atoms with E-state index in [4.69, 9.17) is 0 Å². The Hall–Kier alpha value is 0. The van der Waals surface area contributed by atoms with Gasteiger partial charge in [0.15, 0.2) is 0 Å². The molecule has 7 fully saturated rings. The van der Waals surface area contributed by atoms with Gasteiger partial charge in [-0.2, -0.15) is 0 Å². The summed E-state index contributed by atoms with van der Waals surface area (Å²) >= 11 is 0. The summed E-state index contributed by atoms with van der Waals surface area (Å²) < 4.78 is 0. The predicted molar refractivity (Wildman–Crippen MR) is 130 cm³/mol. The van der Waals surface area contributed by atoms with Gasteiger partial charge < -0.3 is 0 Å². The molecule has 31 heavy (non-hydrogen) atoms. The Kier molecular flexibility index (Phi) is 4.93. The van der Waals surface area contributed by atoms with Crippen LogP contribution in [0.25, 0.3) is 0 Å². The summed E-state index contributed by atoms with van der Waals surface area (Å²) in [6.07, 6.45) is 25.7. The molecule has 0 bridgehead atoms. The van der Waals surface area contributed by atoms with Crippen LogP contribution < -0.4 is 0 Å². The third-order valence-corrected chi connectivity index (χ3v) is 13.4. The maximum absolute atomic E-state index is 2.63. The van der Waals surface area contributed by atoms with Crippen LogP contribution in [-0.4, -0.2) is 0 Å². The molecular formula is C31H50. The lowest BCUT2D eigenvalue weighted by Crippen LogP contribution is -2.44.